The van der Waals surface area contributed by atoms with E-state index in [1.165, 1.54) is 0 Å². The first-order valence-electron chi connectivity index (χ1n) is 7.31. The molecule has 0 N–H and O–H groups in total. The highest BCUT2D eigenvalue weighted by atomic mass is 16.5. The molecule has 0 aliphatic carbocycles. The van der Waals surface area contributed by atoms with E-state index in [-0.39, 0.29) is 5.63 Å². The second-order valence-electron chi connectivity index (χ2n) is 5.42. The van der Waals surface area contributed by atoms with Crippen LogP contribution in [-0.2, 0) is 0 Å². The minimum atomic E-state index is -0.316. The lowest BCUT2D eigenvalue weighted by Crippen LogP contribution is -2.06. The summed E-state index contributed by atoms with van der Waals surface area (Å²) in [6.45, 7) is 3.67. The summed E-state index contributed by atoms with van der Waals surface area (Å²) in [4.78, 5) is 12.0. The number of aryl methyl sites for hydroxylation is 1. The van der Waals surface area contributed by atoms with Crippen LogP contribution in [0.2, 0.25) is 0 Å². The Bertz CT molecular complexity index is 921. The molecule has 0 unspecified atom stereocenters. The summed E-state index contributed by atoms with van der Waals surface area (Å²) in [7, 11) is 3.25. The smallest absolute Gasteiger partial charge is 0.339 e. The van der Waals surface area contributed by atoms with Crippen LogP contribution in [0, 0.1) is 13.8 Å². The van der Waals surface area contributed by atoms with Gasteiger partial charge in [0.25, 0.3) is 0 Å². The van der Waals surface area contributed by atoms with Gasteiger partial charge in [0, 0.05) is 5.56 Å². The highest BCUT2D eigenvalue weighted by molar-refractivity contribution is 5.91. The summed E-state index contributed by atoms with van der Waals surface area (Å²) in [5.41, 5.74) is 3.62. The number of hydrogen-bond acceptors (Lipinski definition) is 4. The Hall–Kier alpha value is -2.75. The summed E-state index contributed by atoms with van der Waals surface area (Å²) in [5, 5.41) is 0.835. The zero-order chi connectivity index (χ0) is 16.6. The van der Waals surface area contributed by atoms with E-state index in [0.29, 0.717) is 16.9 Å². The average molecular weight is 310 g/mol. The van der Waals surface area contributed by atoms with E-state index in [4.69, 9.17) is 13.9 Å². The predicted octanol–water partition coefficient (Wildman–Crippen LogP) is 4.09. The van der Waals surface area contributed by atoms with Gasteiger partial charge in [0.05, 0.1) is 19.6 Å². The molecule has 0 saturated heterocycles. The Labute approximate surface area is 134 Å². The quantitative estimate of drug-likeness (QED) is 0.684. The minimum absolute atomic E-state index is 0.316. The molecule has 118 valence electrons. The van der Waals surface area contributed by atoms with E-state index in [9.17, 15) is 4.79 Å². The topological polar surface area (TPSA) is 48.7 Å². The van der Waals surface area contributed by atoms with Crippen LogP contribution in [0.4, 0.5) is 0 Å². The van der Waals surface area contributed by atoms with Crippen molar-refractivity contribution in [3.05, 3.63) is 57.9 Å². The van der Waals surface area contributed by atoms with Crippen molar-refractivity contribution < 1.29 is 13.9 Å². The molecule has 3 rings (SSSR count). The number of hydrogen-bond donors (Lipinski definition) is 0. The van der Waals surface area contributed by atoms with Crippen molar-refractivity contribution in [1.82, 2.24) is 0 Å². The summed E-state index contributed by atoms with van der Waals surface area (Å²) >= 11 is 0. The van der Waals surface area contributed by atoms with Gasteiger partial charge in [-0.05, 0) is 54.8 Å². The van der Waals surface area contributed by atoms with Crippen LogP contribution in [0.15, 0.2) is 45.6 Å². The fraction of sp³-hybridized carbons (Fsp3) is 0.211. The average Bonchev–Trinajstić information content (AvgIpc) is 2.58. The van der Waals surface area contributed by atoms with Gasteiger partial charge >= 0.3 is 5.63 Å². The number of fused-ring (bicyclic) bond motifs is 1. The summed E-state index contributed by atoms with van der Waals surface area (Å²) in [6.07, 6.45) is 0. The lowest BCUT2D eigenvalue weighted by molar-refractivity contribution is 0.415. The molecule has 3 aromatic rings. The normalized spacial score (nSPS) is 10.8. The summed E-state index contributed by atoms with van der Waals surface area (Å²) in [6, 6.07) is 11.5. The summed E-state index contributed by atoms with van der Waals surface area (Å²) < 4.78 is 16.2. The van der Waals surface area contributed by atoms with E-state index < -0.39 is 0 Å². The number of methoxy groups -OCH3 is 2. The van der Waals surface area contributed by atoms with Gasteiger partial charge in [0.2, 0.25) is 0 Å². The molecule has 0 atom stereocenters. The second-order valence-corrected chi connectivity index (χ2v) is 5.42. The second kappa shape index (κ2) is 5.80. The molecule has 23 heavy (non-hydrogen) atoms. The van der Waals surface area contributed by atoms with E-state index in [0.717, 1.165) is 27.8 Å². The van der Waals surface area contributed by atoms with Crippen molar-refractivity contribution in [2.75, 3.05) is 14.2 Å². The molecule has 0 aliphatic rings. The Kier molecular flexibility index (Phi) is 3.82. The van der Waals surface area contributed by atoms with E-state index in [2.05, 4.69) is 0 Å². The Morgan fingerprint density at radius 1 is 0.870 bits per heavy atom. The molecule has 0 spiro atoms. The number of benzene rings is 2. The lowest BCUT2D eigenvalue weighted by Gasteiger charge is -2.12. The van der Waals surface area contributed by atoms with E-state index >= 15 is 0 Å². The van der Waals surface area contributed by atoms with Gasteiger partial charge in [-0.15, -0.1) is 0 Å². The van der Waals surface area contributed by atoms with Crippen LogP contribution in [0.3, 0.4) is 0 Å². The van der Waals surface area contributed by atoms with Gasteiger partial charge in [-0.2, -0.15) is 0 Å². The van der Waals surface area contributed by atoms with Gasteiger partial charge in [0.1, 0.15) is 17.1 Å². The Balaban J connectivity index is 2.27. The first-order chi connectivity index (χ1) is 11.0. The monoisotopic (exact) mass is 310 g/mol. The summed E-state index contributed by atoms with van der Waals surface area (Å²) in [5.74, 6) is 1.48. The highest BCUT2D eigenvalue weighted by Crippen LogP contribution is 2.35. The standard InChI is InChI=1S/C19H18O4/c1-11-12(2)19(20)23-17-10-14(9-16(22-4)18(11)17)13-5-7-15(21-3)8-6-13/h5-10H,1-4H3. The molecule has 4 heteroatoms. The maximum absolute atomic E-state index is 12.0. The van der Waals surface area contributed by atoms with Crippen molar-refractivity contribution in [3.63, 3.8) is 0 Å². The van der Waals surface area contributed by atoms with Crippen molar-refractivity contribution in [2.24, 2.45) is 0 Å². The first kappa shape index (κ1) is 15.2. The first-order valence-corrected chi connectivity index (χ1v) is 7.31. The van der Waals surface area contributed by atoms with Crippen LogP contribution in [0.25, 0.3) is 22.1 Å². The van der Waals surface area contributed by atoms with Crippen LogP contribution in [0.5, 0.6) is 11.5 Å². The van der Waals surface area contributed by atoms with Crippen LogP contribution >= 0.6 is 0 Å². The third-order valence-corrected chi connectivity index (χ3v) is 4.16. The molecule has 0 fully saturated rings. The zero-order valence-corrected chi connectivity index (χ0v) is 13.6. The van der Waals surface area contributed by atoms with Crippen molar-refractivity contribution in [2.45, 2.75) is 13.8 Å². The molecule has 0 bridgehead atoms. The van der Waals surface area contributed by atoms with Gasteiger partial charge in [-0.1, -0.05) is 12.1 Å². The Morgan fingerprint density at radius 2 is 1.57 bits per heavy atom. The minimum Gasteiger partial charge on any atom is -0.497 e. The van der Waals surface area contributed by atoms with Gasteiger partial charge < -0.3 is 13.9 Å². The molecule has 0 radical (unpaired) electrons. The van der Waals surface area contributed by atoms with Crippen molar-refractivity contribution in [1.29, 1.82) is 0 Å². The van der Waals surface area contributed by atoms with Crippen LogP contribution in [-0.4, -0.2) is 14.2 Å². The molecular formula is C19H18O4. The molecule has 0 amide bonds. The van der Waals surface area contributed by atoms with Crippen molar-refractivity contribution in [3.8, 4) is 22.6 Å². The number of rotatable bonds is 3. The molecule has 2 aromatic carbocycles. The van der Waals surface area contributed by atoms with E-state index in [1.807, 2.05) is 43.3 Å². The maximum atomic E-state index is 12.0. The third kappa shape index (κ3) is 2.57. The van der Waals surface area contributed by atoms with Crippen LogP contribution in [0.1, 0.15) is 11.1 Å². The SMILES string of the molecule is COc1ccc(-c2cc(OC)c3c(C)c(C)c(=O)oc3c2)cc1. The predicted molar refractivity (Wildman–Crippen MR) is 90.5 cm³/mol. The number of ether oxygens (including phenoxy) is 2. The Morgan fingerprint density at radius 3 is 2.17 bits per heavy atom. The van der Waals surface area contributed by atoms with Gasteiger partial charge in [0.15, 0.2) is 0 Å². The maximum Gasteiger partial charge on any atom is 0.339 e. The fourth-order valence-electron chi connectivity index (χ4n) is 2.67. The lowest BCUT2D eigenvalue weighted by atomic mass is 10.00. The van der Waals surface area contributed by atoms with Crippen LogP contribution < -0.4 is 15.1 Å². The van der Waals surface area contributed by atoms with E-state index in [1.54, 1.807) is 21.1 Å². The molecule has 0 saturated carbocycles. The zero-order valence-electron chi connectivity index (χ0n) is 13.6. The molecular weight excluding hydrogens is 292 g/mol. The molecule has 1 heterocycles. The molecule has 0 aliphatic heterocycles. The highest BCUT2D eigenvalue weighted by Gasteiger charge is 2.14. The van der Waals surface area contributed by atoms with Crippen molar-refractivity contribution >= 4 is 11.0 Å². The van der Waals surface area contributed by atoms with Gasteiger partial charge in [-0.25, -0.2) is 4.79 Å². The third-order valence-electron chi connectivity index (χ3n) is 4.16. The molecule has 4 nitrogen and oxygen atoms in total. The van der Waals surface area contributed by atoms with Gasteiger partial charge in [-0.3, -0.25) is 0 Å². The fourth-order valence-corrected chi connectivity index (χ4v) is 2.67. The largest absolute Gasteiger partial charge is 0.497 e. The molecule has 1 aromatic heterocycles.